The number of rotatable bonds is 0. The zero-order chi connectivity index (χ0) is 6.97. The Balaban J connectivity index is 2.93. The number of hydrogen-bond donors (Lipinski definition) is 0. The molecule has 2 heterocycles. The van der Waals surface area contributed by atoms with Gasteiger partial charge in [-0.05, 0) is 0 Å². The van der Waals surface area contributed by atoms with Crippen molar-refractivity contribution in [1.29, 1.82) is 0 Å². The van der Waals surface area contributed by atoms with Crippen molar-refractivity contribution in [3.63, 3.8) is 0 Å². The van der Waals surface area contributed by atoms with Gasteiger partial charge in [-0.3, -0.25) is 0 Å². The van der Waals surface area contributed by atoms with Crippen molar-refractivity contribution in [3.05, 3.63) is 24.8 Å². The maximum atomic E-state index is 4.10. The average Bonchev–Trinajstić information content (AvgIpc) is 2.34. The SMILES string of the molecule is Cn1cc[n+]2nccnc12. The maximum absolute atomic E-state index is 4.10. The van der Waals surface area contributed by atoms with Crippen LogP contribution in [-0.2, 0) is 7.05 Å². The summed E-state index contributed by atoms with van der Waals surface area (Å²) in [5.74, 6) is 0.850. The molecule has 0 N–H and O–H groups in total. The van der Waals surface area contributed by atoms with Gasteiger partial charge in [0.2, 0.25) is 0 Å². The molecule has 0 bridgehead atoms. The molecular formula is C6H7N4+. The van der Waals surface area contributed by atoms with Gasteiger partial charge in [-0.15, -0.1) is 9.61 Å². The second-order valence-electron chi connectivity index (χ2n) is 2.10. The Morgan fingerprint density at radius 2 is 2.40 bits per heavy atom. The lowest BCUT2D eigenvalue weighted by molar-refractivity contribution is -0.582. The lowest BCUT2D eigenvalue weighted by atomic mass is 10.9. The van der Waals surface area contributed by atoms with Gasteiger partial charge in [0.25, 0.3) is 0 Å². The second kappa shape index (κ2) is 1.76. The second-order valence-corrected chi connectivity index (χ2v) is 2.10. The van der Waals surface area contributed by atoms with E-state index in [2.05, 4.69) is 10.1 Å². The van der Waals surface area contributed by atoms with Crippen molar-refractivity contribution in [2.75, 3.05) is 0 Å². The fourth-order valence-electron chi connectivity index (χ4n) is 0.900. The normalized spacial score (nSPS) is 10.5. The first-order valence-corrected chi connectivity index (χ1v) is 3.02. The summed E-state index contributed by atoms with van der Waals surface area (Å²) in [6.45, 7) is 0. The third kappa shape index (κ3) is 0.586. The highest BCUT2D eigenvalue weighted by molar-refractivity contribution is 5.14. The Morgan fingerprint density at radius 3 is 3.20 bits per heavy atom. The van der Waals surface area contributed by atoms with Crippen LogP contribution in [0.15, 0.2) is 24.8 Å². The number of hydrogen-bond acceptors (Lipinski definition) is 2. The molecule has 0 saturated heterocycles. The van der Waals surface area contributed by atoms with Crippen LogP contribution < -0.4 is 4.52 Å². The molecule has 0 radical (unpaired) electrons. The molecule has 0 spiro atoms. The van der Waals surface area contributed by atoms with Crippen molar-refractivity contribution >= 4 is 5.78 Å². The Morgan fingerprint density at radius 1 is 1.50 bits per heavy atom. The molecular weight excluding hydrogens is 128 g/mol. The van der Waals surface area contributed by atoms with Gasteiger partial charge < -0.3 is 0 Å². The molecule has 0 atom stereocenters. The molecule has 0 aliphatic carbocycles. The summed E-state index contributed by atoms with van der Waals surface area (Å²) >= 11 is 0. The van der Waals surface area contributed by atoms with Crippen molar-refractivity contribution in [1.82, 2.24) is 14.6 Å². The van der Waals surface area contributed by atoms with Gasteiger partial charge >= 0.3 is 5.78 Å². The van der Waals surface area contributed by atoms with Crippen LogP contribution in [0.5, 0.6) is 0 Å². The van der Waals surface area contributed by atoms with Crippen molar-refractivity contribution < 1.29 is 4.52 Å². The molecule has 0 amide bonds. The molecule has 4 heteroatoms. The first-order chi connectivity index (χ1) is 4.88. The molecule has 2 rings (SSSR count). The average molecular weight is 135 g/mol. The Hall–Kier alpha value is -1.45. The summed E-state index contributed by atoms with van der Waals surface area (Å²) in [6.07, 6.45) is 7.11. The summed E-state index contributed by atoms with van der Waals surface area (Å²) < 4.78 is 3.63. The summed E-state index contributed by atoms with van der Waals surface area (Å²) in [6, 6.07) is 0. The van der Waals surface area contributed by atoms with Crippen LogP contribution in [0.25, 0.3) is 5.78 Å². The Bertz CT molecular complexity index is 351. The fourth-order valence-corrected chi connectivity index (χ4v) is 0.900. The Kier molecular flexibility index (Phi) is 0.943. The summed E-state index contributed by atoms with van der Waals surface area (Å²) in [4.78, 5) is 4.10. The third-order valence-corrected chi connectivity index (χ3v) is 1.40. The molecule has 2 aromatic rings. The lowest BCUT2D eigenvalue weighted by Gasteiger charge is -1.80. The minimum Gasteiger partial charge on any atom is -0.233 e. The monoisotopic (exact) mass is 135 g/mol. The van der Waals surface area contributed by atoms with Crippen LogP contribution in [0.4, 0.5) is 0 Å². The zero-order valence-corrected chi connectivity index (χ0v) is 5.60. The van der Waals surface area contributed by atoms with Crippen LogP contribution in [0.2, 0.25) is 0 Å². The van der Waals surface area contributed by atoms with Crippen LogP contribution in [0.1, 0.15) is 0 Å². The molecule has 2 aromatic heterocycles. The van der Waals surface area contributed by atoms with E-state index in [1.54, 1.807) is 16.9 Å². The molecule has 0 aliphatic rings. The summed E-state index contributed by atoms with van der Waals surface area (Å²) in [5.41, 5.74) is 0. The van der Waals surface area contributed by atoms with Crippen LogP contribution in [0, 0.1) is 0 Å². The number of aryl methyl sites for hydroxylation is 1. The molecule has 0 aliphatic heterocycles. The summed E-state index contributed by atoms with van der Waals surface area (Å²) in [7, 11) is 1.93. The highest BCUT2D eigenvalue weighted by atomic mass is 15.3. The number of aromatic nitrogens is 4. The van der Waals surface area contributed by atoms with E-state index in [0.29, 0.717) is 0 Å². The van der Waals surface area contributed by atoms with E-state index in [1.165, 1.54) is 0 Å². The molecule has 0 fully saturated rings. The molecule has 10 heavy (non-hydrogen) atoms. The van der Waals surface area contributed by atoms with Gasteiger partial charge in [0, 0.05) is 0 Å². The highest BCUT2D eigenvalue weighted by Gasteiger charge is 2.04. The van der Waals surface area contributed by atoms with Crippen LogP contribution >= 0.6 is 0 Å². The smallest absolute Gasteiger partial charge is 0.233 e. The summed E-state index contributed by atoms with van der Waals surface area (Å²) in [5, 5.41) is 4.04. The van der Waals surface area contributed by atoms with Gasteiger partial charge in [-0.25, -0.2) is 4.57 Å². The van der Waals surface area contributed by atoms with Gasteiger partial charge in [0.05, 0.1) is 19.4 Å². The molecule has 0 saturated carbocycles. The largest absolute Gasteiger partial charge is 0.422 e. The third-order valence-electron chi connectivity index (χ3n) is 1.40. The Labute approximate surface area is 57.8 Å². The van der Waals surface area contributed by atoms with E-state index in [9.17, 15) is 0 Å². The van der Waals surface area contributed by atoms with Crippen LogP contribution in [0.3, 0.4) is 0 Å². The first-order valence-electron chi connectivity index (χ1n) is 3.02. The number of imidazole rings is 1. The van der Waals surface area contributed by atoms with E-state index in [-0.39, 0.29) is 0 Å². The van der Waals surface area contributed by atoms with Gasteiger partial charge in [-0.2, -0.15) is 0 Å². The predicted octanol–water partition coefficient (Wildman–Crippen LogP) is -0.446. The zero-order valence-electron chi connectivity index (χ0n) is 5.60. The standard InChI is InChI=1S/C6H7N4/c1-9-4-5-10-6(9)7-2-3-8-10/h2-5H,1H3/q+1. The van der Waals surface area contributed by atoms with Crippen molar-refractivity contribution in [2.24, 2.45) is 7.05 Å². The topological polar surface area (TPSA) is 34.8 Å². The van der Waals surface area contributed by atoms with E-state index in [1.807, 2.05) is 24.0 Å². The quantitative estimate of drug-likeness (QED) is 0.459. The molecule has 4 nitrogen and oxygen atoms in total. The van der Waals surface area contributed by atoms with E-state index < -0.39 is 0 Å². The van der Waals surface area contributed by atoms with Gasteiger partial charge in [0.1, 0.15) is 12.4 Å². The first kappa shape index (κ1) is 5.34. The van der Waals surface area contributed by atoms with Gasteiger partial charge in [0.15, 0.2) is 0 Å². The molecule has 0 unspecified atom stereocenters. The highest BCUT2D eigenvalue weighted by Crippen LogP contribution is 1.85. The van der Waals surface area contributed by atoms with E-state index >= 15 is 0 Å². The molecule has 50 valence electrons. The van der Waals surface area contributed by atoms with E-state index in [4.69, 9.17) is 0 Å². The van der Waals surface area contributed by atoms with Crippen molar-refractivity contribution in [2.45, 2.75) is 0 Å². The lowest BCUT2D eigenvalue weighted by Crippen LogP contribution is -2.24. The minimum atomic E-state index is 0.850. The van der Waals surface area contributed by atoms with Gasteiger partial charge in [-0.1, -0.05) is 4.98 Å². The molecule has 0 aromatic carbocycles. The number of fused-ring (bicyclic) bond motifs is 1. The van der Waals surface area contributed by atoms with Crippen LogP contribution in [-0.4, -0.2) is 14.6 Å². The minimum absolute atomic E-state index is 0.850. The van der Waals surface area contributed by atoms with Crippen molar-refractivity contribution in [3.8, 4) is 0 Å². The van der Waals surface area contributed by atoms with E-state index in [0.717, 1.165) is 5.78 Å². The fraction of sp³-hybridized carbons (Fsp3) is 0.167. The number of nitrogens with zero attached hydrogens (tertiary/aromatic N) is 4. The predicted molar refractivity (Wildman–Crippen MR) is 34.2 cm³/mol. The maximum Gasteiger partial charge on any atom is 0.422 e.